The van der Waals surface area contributed by atoms with E-state index in [2.05, 4.69) is 46.4 Å². The van der Waals surface area contributed by atoms with E-state index in [1.807, 2.05) is 6.08 Å². The standard InChI is InChI=1S/C15H22O/c1-6-7-12-8-13(10(2)3)9-14(11(4)5)15(12)16/h6,8-11,16H,1,7H2,2-5H3. The highest BCUT2D eigenvalue weighted by Gasteiger charge is 2.13. The maximum atomic E-state index is 10.1. The quantitative estimate of drug-likeness (QED) is 0.744. The van der Waals surface area contributed by atoms with Crippen LogP contribution in [-0.2, 0) is 6.42 Å². The molecular formula is C15H22O. The van der Waals surface area contributed by atoms with Crippen LogP contribution in [0, 0.1) is 0 Å². The predicted octanol–water partition coefficient (Wildman–Crippen LogP) is 4.37. The Kier molecular flexibility index (Phi) is 4.17. The fourth-order valence-corrected chi connectivity index (χ4v) is 1.83. The zero-order valence-corrected chi connectivity index (χ0v) is 10.7. The summed E-state index contributed by atoms with van der Waals surface area (Å²) in [4.78, 5) is 0. The Morgan fingerprint density at radius 3 is 2.25 bits per heavy atom. The van der Waals surface area contributed by atoms with Gasteiger partial charge in [-0.3, -0.25) is 0 Å². The molecule has 0 radical (unpaired) electrons. The van der Waals surface area contributed by atoms with Gasteiger partial charge in [0.25, 0.3) is 0 Å². The van der Waals surface area contributed by atoms with Crippen LogP contribution in [0.15, 0.2) is 24.8 Å². The van der Waals surface area contributed by atoms with Gasteiger partial charge < -0.3 is 5.11 Å². The van der Waals surface area contributed by atoms with Crippen molar-refractivity contribution in [2.24, 2.45) is 0 Å². The van der Waals surface area contributed by atoms with Crippen LogP contribution in [0.5, 0.6) is 5.75 Å². The molecular weight excluding hydrogens is 196 g/mol. The normalized spacial score (nSPS) is 11.1. The van der Waals surface area contributed by atoms with E-state index in [0.717, 1.165) is 17.5 Å². The Balaban J connectivity index is 3.32. The molecule has 1 nitrogen and oxygen atoms in total. The lowest BCUT2D eigenvalue weighted by Gasteiger charge is -2.16. The summed E-state index contributed by atoms with van der Waals surface area (Å²) >= 11 is 0. The van der Waals surface area contributed by atoms with E-state index in [-0.39, 0.29) is 0 Å². The molecule has 1 aromatic rings. The summed E-state index contributed by atoms with van der Waals surface area (Å²) in [5.74, 6) is 1.28. The summed E-state index contributed by atoms with van der Waals surface area (Å²) in [7, 11) is 0. The van der Waals surface area contributed by atoms with Crippen molar-refractivity contribution in [1.29, 1.82) is 0 Å². The van der Waals surface area contributed by atoms with E-state index < -0.39 is 0 Å². The van der Waals surface area contributed by atoms with Gasteiger partial charge >= 0.3 is 0 Å². The van der Waals surface area contributed by atoms with Gasteiger partial charge in [-0.15, -0.1) is 6.58 Å². The first-order valence-corrected chi connectivity index (χ1v) is 5.94. The third kappa shape index (κ3) is 2.66. The van der Waals surface area contributed by atoms with Gasteiger partial charge in [-0.05, 0) is 34.9 Å². The van der Waals surface area contributed by atoms with Crippen LogP contribution in [0.2, 0.25) is 0 Å². The summed E-state index contributed by atoms with van der Waals surface area (Å²) in [6.07, 6.45) is 2.56. The summed E-state index contributed by atoms with van der Waals surface area (Å²) in [5.41, 5.74) is 3.33. The van der Waals surface area contributed by atoms with Gasteiger partial charge in [-0.2, -0.15) is 0 Å². The molecule has 1 aromatic carbocycles. The Bertz CT molecular complexity index is 375. The van der Waals surface area contributed by atoms with E-state index in [0.29, 0.717) is 17.6 Å². The van der Waals surface area contributed by atoms with E-state index in [1.165, 1.54) is 5.56 Å². The lowest BCUT2D eigenvalue weighted by atomic mass is 9.91. The van der Waals surface area contributed by atoms with Crippen LogP contribution in [0.3, 0.4) is 0 Å². The molecule has 0 aliphatic carbocycles. The third-order valence-corrected chi connectivity index (χ3v) is 2.89. The van der Waals surface area contributed by atoms with Crippen molar-refractivity contribution in [1.82, 2.24) is 0 Å². The van der Waals surface area contributed by atoms with Crippen molar-refractivity contribution in [2.45, 2.75) is 46.0 Å². The predicted molar refractivity (Wildman–Crippen MR) is 70.2 cm³/mol. The minimum Gasteiger partial charge on any atom is -0.507 e. The monoisotopic (exact) mass is 218 g/mol. The second-order valence-corrected chi connectivity index (χ2v) is 4.92. The largest absolute Gasteiger partial charge is 0.507 e. The molecule has 0 aliphatic rings. The van der Waals surface area contributed by atoms with Crippen LogP contribution in [0.1, 0.15) is 56.2 Å². The average Bonchev–Trinajstić information content (AvgIpc) is 2.20. The molecule has 1 N–H and O–H groups in total. The molecule has 0 heterocycles. The maximum Gasteiger partial charge on any atom is 0.122 e. The number of rotatable bonds is 4. The zero-order chi connectivity index (χ0) is 12.3. The number of phenols is 1. The molecule has 0 saturated heterocycles. The number of aromatic hydroxyl groups is 1. The Labute approximate surface area is 98.8 Å². The number of hydrogen-bond donors (Lipinski definition) is 1. The highest BCUT2D eigenvalue weighted by Crippen LogP contribution is 2.33. The van der Waals surface area contributed by atoms with Gasteiger partial charge in [0.05, 0.1) is 0 Å². The first-order chi connectivity index (χ1) is 7.47. The number of allylic oxidation sites excluding steroid dienone is 1. The Morgan fingerprint density at radius 1 is 1.19 bits per heavy atom. The Morgan fingerprint density at radius 2 is 1.81 bits per heavy atom. The lowest BCUT2D eigenvalue weighted by molar-refractivity contribution is 0.458. The zero-order valence-electron chi connectivity index (χ0n) is 10.7. The van der Waals surface area contributed by atoms with Crippen molar-refractivity contribution < 1.29 is 5.11 Å². The number of hydrogen-bond acceptors (Lipinski definition) is 1. The molecule has 0 saturated carbocycles. The van der Waals surface area contributed by atoms with Gasteiger partial charge in [0, 0.05) is 0 Å². The molecule has 0 fully saturated rings. The van der Waals surface area contributed by atoms with Crippen LogP contribution in [0.4, 0.5) is 0 Å². The van der Waals surface area contributed by atoms with E-state index in [9.17, 15) is 5.11 Å². The van der Waals surface area contributed by atoms with Crippen LogP contribution < -0.4 is 0 Å². The topological polar surface area (TPSA) is 20.2 Å². The van der Waals surface area contributed by atoms with Gasteiger partial charge in [0.2, 0.25) is 0 Å². The molecule has 16 heavy (non-hydrogen) atoms. The van der Waals surface area contributed by atoms with Crippen molar-refractivity contribution in [3.05, 3.63) is 41.5 Å². The van der Waals surface area contributed by atoms with Gasteiger partial charge in [0.1, 0.15) is 5.75 Å². The van der Waals surface area contributed by atoms with Crippen LogP contribution >= 0.6 is 0 Å². The third-order valence-electron chi connectivity index (χ3n) is 2.89. The smallest absolute Gasteiger partial charge is 0.122 e. The lowest BCUT2D eigenvalue weighted by Crippen LogP contribution is -1.98. The number of phenolic OH excluding ortho intramolecular Hbond substituents is 1. The molecule has 0 atom stereocenters. The van der Waals surface area contributed by atoms with Crippen LogP contribution in [0.25, 0.3) is 0 Å². The first kappa shape index (κ1) is 12.8. The molecule has 1 heteroatoms. The fourth-order valence-electron chi connectivity index (χ4n) is 1.83. The molecule has 0 spiro atoms. The van der Waals surface area contributed by atoms with Crippen LogP contribution in [-0.4, -0.2) is 5.11 Å². The summed E-state index contributed by atoms with van der Waals surface area (Å²) in [6.45, 7) is 12.3. The van der Waals surface area contributed by atoms with Gasteiger partial charge in [0.15, 0.2) is 0 Å². The second-order valence-electron chi connectivity index (χ2n) is 4.92. The Hall–Kier alpha value is -1.24. The van der Waals surface area contributed by atoms with Crippen molar-refractivity contribution >= 4 is 0 Å². The molecule has 1 rings (SSSR count). The molecule has 0 amide bonds. The average molecular weight is 218 g/mol. The van der Waals surface area contributed by atoms with E-state index in [1.54, 1.807) is 0 Å². The molecule has 0 aromatic heterocycles. The van der Waals surface area contributed by atoms with Crippen molar-refractivity contribution in [2.75, 3.05) is 0 Å². The highest BCUT2D eigenvalue weighted by atomic mass is 16.3. The van der Waals surface area contributed by atoms with E-state index in [4.69, 9.17) is 0 Å². The molecule has 0 bridgehead atoms. The van der Waals surface area contributed by atoms with Crippen molar-refractivity contribution in [3.8, 4) is 5.75 Å². The summed E-state index contributed by atoms with van der Waals surface area (Å²) in [5, 5.41) is 10.1. The SMILES string of the molecule is C=CCc1cc(C(C)C)cc(C(C)C)c1O. The summed E-state index contributed by atoms with van der Waals surface area (Å²) < 4.78 is 0. The summed E-state index contributed by atoms with van der Waals surface area (Å²) in [6, 6.07) is 4.21. The number of benzene rings is 1. The van der Waals surface area contributed by atoms with Crippen molar-refractivity contribution in [3.63, 3.8) is 0 Å². The molecule has 0 unspecified atom stereocenters. The van der Waals surface area contributed by atoms with Gasteiger partial charge in [-0.25, -0.2) is 0 Å². The fraction of sp³-hybridized carbons (Fsp3) is 0.467. The maximum absolute atomic E-state index is 10.1. The highest BCUT2D eigenvalue weighted by molar-refractivity contribution is 5.46. The molecule has 88 valence electrons. The minimum absolute atomic E-state index is 0.349. The van der Waals surface area contributed by atoms with Gasteiger partial charge in [-0.1, -0.05) is 45.9 Å². The van der Waals surface area contributed by atoms with E-state index >= 15 is 0 Å². The minimum atomic E-state index is 0.349. The second kappa shape index (κ2) is 5.20. The first-order valence-electron chi connectivity index (χ1n) is 5.94. The molecule has 0 aliphatic heterocycles.